The van der Waals surface area contributed by atoms with Gasteiger partial charge in [-0.2, -0.15) is 0 Å². The lowest BCUT2D eigenvalue weighted by molar-refractivity contribution is -0.129. The van der Waals surface area contributed by atoms with Gasteiger partial charge in [-0.3, -0.25) is 9.59 Å². The van der Waals surface area contributed by atoms with Crippen molar-refractivity contribution in [3.8, 4) is 0 Å². The lowest BCUT2D eigenvalue weighted by Crippen LogP contribution is -2.48. The van der Waals surface area contributed by atoms with E-state index in [1.165, 1.54) is 6.20 Å². The Morgan fingerprint density at radius 3 is 2.44 bits per heavy atom. The van der Waals surface area contributed by atoms with Crippen molar-refractivity contribution in [3.63, 3.8) is 0 Å². The third kappa shape index (κ3) is 5.08. The van der Waals surface area contributed by atoms with Gasteiger partial charge in [-0.1, -0.05) is 23.2 Å². The Labute approximate surface area is 167 Å². The van der Waals surface area contributed by atoms with Crippen LogP contribution in [0.15, 0.2) is 30.6 Å². The molecule has 7 nitrogen and oxygen atoms in total. The summed E-state index contributed by atoms with van der Waals surface area (Å²) >= 11 is 11.7. The summed E-state index contributed by atoms with van der Waals surface area (Å²) in [6.07, 6.45) is 3.37. The summed E-state index contributed by atoms with van der Waals surface area (Å²) in [5, 5.41) is 3.28. The number of halogens is 2. The zero-order valence-electron chi connectivity index (χ0n) is 14.8. The molecule has 1 N–H and O–H groups in total. The van der Waals surface area contributed by atoms with Crippen molar-refractivity contribution < 1.29 is 9.59 Å². The summed E-state index contributed by atoms with van der Waals surface area (Å²) in [5.41, 5.74) is 1.63. The average Bonchev–Trinajstić information content (AvgIpc) is 2.65. The van der Waals surface area contributed by atoms with E-state index in [1.54, 1.807) is 25.3 Å². The second-order valence-electron chi connectivity index (χ2n) is 6.24. The smallest absolute Gasteiger partial charge is 0.230 e. The maximum atomic E-state index is 12.2. The second kappa shape index (κ2) is 8.54. The maximum Gasteiger partial charge on any atom is 0.230 e. The topological polar surface area (TPSA) is 78.4 Å². The fraction of sp³-hybridized carbons (Fsp3) is 0.333. The Balaban J connectivity index is 1.55. The monoisotopic (exact) mass is 407 g/mol. The van der Waals surface area contributed by atoms with Crippen LogP contribution in [-0.2, 0) is 16.0 Å². The lowest BCUT2D eigenvalue weighted by Gasteiger charge is -2.35. The number of piperazine rings is 1. The normalized spacial score (nSPS) is 14.2. The molecule has 1 aliphatic heterocycles. The van der Waals surface area contributed by atoms with E-state index in [0.717, 1.165) is 18.8 Å². The molecule has 9 heteroatoms. The van der Waals surface area contributed by atoms with Gasteiger partial charge in [-0.15, -0.1) is 0 Å². The third-order valence-corrected chi connectivity index (χ3v) is 5.01. The van der Waals surface area contributed by atoms with E-state index in [1.807, 2.05) is 11.0 Å². The molecule has 0 unspecified atom stereocenters. The summed E-state index contributed by atoms with van der Waals surface area (Å²) in [4.78, 5) is 35.8. The van der Waals surface area contributed by atoms with Crippen LogP contribution >= 0.6 is 23.2 Å². The molecule has 2 aromatic heterocycles. The van der Waals surface area contributed by atoms with E-state index < -0.39 is 0 Å². The molecule has 0 atom stereocenters. The third-order valence-electron chi connectivity index (χ3n) is 4.32. The van der Waals surface area contributed by atoms with E-state index in [0.29, 0.717) is 29.5 Å². The molecule has 3 heterocycles. The zero-order valence-corrected chi connectivity index (χ0v) is 16.3. The number of nitrogens with zero attached hydrogens (tertiary/aromatic N) is 4. The molecule has 0 saturated carbocycles. The molecule has 2 aromatic rings. The molecular formula is C18H19Cl2N5O2. The molecule has 0 spiro atoms. The predicted molar refractivity (Wildman–Crippen MR) is 105 cm³/mol. The molecule has 0 aromatic carbocycles. The Kier molecular flexibility index (Phi) is 6.13. The molecule has 2 amide bonds. The number of carbonyl (C=O) groups excluding carboxylic acids is 2. The average molecular weight is 408 g/mol. The fourth-order valence-corrected chi connectivity index (χ4v) is 3.15. The minimum Gasteiger partial charge on any atom is -0.367 e. The van der Waals surface area contributed by atoms with Crippen molar-refractivity contribution >= 4 is 46.5 Å². The summed E-state index contributed by atoms with van der Waals surface area (Å²) in [5.74, 6) is 0.354. The summed E-state index contributed by atoms with van der Waals surface area (Å²) < 4.78 is 0. The quantitative estimate of drug-likeness (QED) is 0.787. The van der Waals surface area contributed by atoms with E-state index in [4.69, 9.17) is 23.2 Å². The highest BCUT2D eigenvalue weighted by molar-refractivity contribution is 6.41. The molecular weight excluding hydrogens is 389 g/mol. The van der Waals surface area contributed by atoms with Crippen LogP contribution in [0.1, 0.15) is 12.5 Å². The first-order chi connectivity index (χ1) is 12.9. The van der Waals surface area contributed by atoms with Gasteiger partial charge in [0.2, 0.25) is 11.8 Å². The molecule has 27 heavy (non-hydrogen) atoms. The van der Waals surface area contributed by atoms with Crippen LogP contribution < -0.4 is 10.2 Å². The first kappa shape index (κ1) is 19.4. The predicted octanol–water partition coefficient (Wildman–Crippen LogP) is 2.63. The van der Waals surface area contributed by atoms with Crippen LogP contribution in [0.5, 0.6) is 0 Å². The van der Waals surface area contributed by atoms with Crippen molar-refractivity contribution in [2.75, 3.05) is 36.4 Å². The number of pyridine rings is 2. The SMILES string of the molecule is CC(=O)N1CCN(c2ccc(NC(=O)Cc3cnc(Cl)c(Cl)c3)nc2)CC1. The largest absolute Gasteiger partial charge is 0.367 e. The van der Waals surface area contributed by atoms with Crippen molar-refractivity contribution in [3.05, 3.63) is 46.3 Å². The number of hydrogen-bond acceptors (Lipinski definition) is 5. The number of amides is 2. The van der Waals surface area contributed by atoms with Gasteiger partial charge >= 0.3 is 0 Å². The van der Waals surface area contributed by atoms with Gasteiger partial charge in [-0.25, -0.2) is 9.97 Å². The number of anilines is 2. The molecule has 1 aliphatic rings. The van der Waals surface area contributed by atoms with Crippen molar-refractivity contribution in [2.45, 2.75) is 13.3 Å². The van der Waals surface area contributed by atoms with Crippen LogP contribution in [0.2, 0.25) is 10.2 Å². The van der Waals surface area contributed by atoms with Crippen LogP contribution in [-0.4, -0.2) is 52.9 Å². The van der Waals surface area contributed by atoms with Gasteiger partial charge in [-0.05, 0) is 23.8 Å². The van der Waals surface area contributed by atoms with Crippen molar-refractivity contribution in [1.82, 2.24) is 14.9 Å². The Hall–Kier alpha value is -2.38. The van der Waals surface area contributed by atoms with E-state index in [-0.39, 0.29) is 23.4 Å². The Bertz CT molecular complexity index is 836. The highest BCUT2D eigenvalue weighted by Crippen LogP contribution is 2.20. The van der Waals surface area contributed by atoms with Gasteiger partial charge in [0.1, 0.15) is 11.0 Å². The second-order valence-corrected chi connectivity index (χ2v) is 7.00. The summed E-state index contributed by atoms with van der Waals surface area (Å²) in [6.45, 7) is 4.51. The van der Waals surface area contributed by atoms with Crippen LogP contribution in [0.25, 0.3) is 0 Å². The summed E-state index contributed by atoms with van der Waals surface area (Å²) in [7, 11) is 0. The Morgan fingerprint density at radius 2 is 1.85 bits per heavy atom. The van der Waals surface area contributed by atoms with Gasteiger partial charge in [0.25, 0.3) is 0 Å². The minimum atomic E-state index is -0.217. The molecule has 0 radical (unpaired) electrons. The molecule has 1 fully saturated rings. The van der Waals surface area contributed by atoms with Crippen LogP contribution in [0.4, 0.5) is 11.5 Å². The molecule has 3 rings (SSSR count). The van der Waals surface area contributed by atoms with Crippen LogP contribution in [0, 0.1) is 0 Å². The van der Waals surface area contributed by atoms with E-state index in [2.05, 4.69) is 20.2 Å². The van der Waals surface area contributed by atoms with Crippen LogP contribution in [0.3, 0.4) is 0 Å². The Morgan fingerprint density at radius 1 is 1.11 bits per heavy atom. The molecule has 142 valence electrons. The molecule has 1 saturated heterocycles. The summed E-state index contributed by atoms with van der Waals surface area (Å²) in [6, 6.07) is 5.29. The maximum absolute atomic E-state index is 12.2. The first-order valence-electron chi connectivity index (χ1n) is 8.48. The minimum absolute atomic E-state index is 0.100. The number of rotatable bonds is 4. The van der Waals surface area contributed by atoms with Gasteiger partial charge in [0, 0.05) is 39.3 Å². The molecule has 0 aliphatic carbocycles. The van der Waals surface area contributed by atoms with Crippen molar-refractivity contribution in [2.24, 2.45) is 0 Å². The lowest BCUT2D eigenvalue weighted by atomic mass is 10.2. The number of carbonyl (C=O) groups is 2. The zero-order chi connectivity index (χ0) is 19.4. The van der Waals surface area contributed by atoms with Crippen molar-refractivity contribution in [1.29, 1.82) is 0 Å². The molecule has 0 bridgehead atoms. The standard InChI is InChI=1S/C18H19Cl2N5O2/c1-12(26)24-4-6-25(7-5-24)14-2-3-16(21-11-14)23-17(27)9-13-8-15(19)18(20)22-10-13/h2-3,8,10-11H,4-7,9H2,1H3,(H,21,23,27). The van der Waals surface area contributed by atoms with E-state index in [9.17, 15) is 9.59 Å². The first-order valence-corrected chi connectivity index (χ1v) is 9.24. The number of hydrogen-bond donors (Lipinski definition) is 1. The van der Waals surface area contributed by atoms with E-state index >= 15 is 0 Å². The fourth-order valence-electron chi connectivity index (χ4n) is 2.86. The highest BCUT2D eigenvalue weighted by Gasteiger charge is 2.19. The highest BCUT2D eigenvalue weighted by atomic mass is 35.5. The van der Waals surface area contributed by atoms with Gasteiger partial charge in [0.05, 0.1) is 23.3 Å². The van der Waals surface area contributed by atoms with Gasteiger partial charge in [0.15, 0.2) is 0 Å². The number of nitrogens with one attached hydrogen (secondary N) is 1. The number of aromatic nitrogens is 2. The van der Waals surface area contributed by atoms with Gasteiger partial charge < -0.3 is 15.1 Å².